The first-order chi connectivity index (χ1) is 13.4. The number of aromatic nitrogens is 2. The average molecular weight is 414 g/mol. The highest BCUT2D eigenvalue weighted by molar-refractivity contribution is 8.18. The summed E-state index contributed by atoms with van der Waals surface area (Å²) in [5.74, 6) is -0.350. The van der Waals surface area contributed by atoms with Crippen LogP contribution in [0.3, 0.4) is 0 Å². The summed E-state index contributed by atoms with van der Waals surface area (Å²) in [4.78, 5) is 38.7. The van der Waals surface area contributed by atoms with E-state index in [0.29, 0.717) is 15.5 Å². The van der Waals surface area contributed by atoms with Crippen LogP contribution in [0.25, 0.3) is 17.1 Å². The summed E-state index contributed by atoms with van der Waals surface area (Å²) in [6.07, 6.45) is 1.68. The van der Waals surface area contributed by atoms with Gasteiger partial charge in [-0.3, -0.25) is 23.6 Å². The highest BCUT2D eigenvalue weighted by atomic mass is 35.5. The van der Waals surface area contributed by atoms with E-state index in [1.165, 1.54) is 4.90 Å². The molecular formula is C20H16ClN3O3S. The Morgan fingerprint density at radius 2 is 1.71 bits per heavy atom. The first-order valence-corrected chi connectivity index (χ1v) is 9.70. The maximum absolute atomic E-state index is 12.7. The number of carbonyl (C=O) groups excluding carboxylic acids is 2. The van der Waals surface area contributed by atoms with E-state index >= 15 is 0 Å². The number of aryl methyl sites for hydroxylation is 2. The van der Waals surface area contributed by atoms with Gasteiger partial charge in [0.15, 0.2) is 0 Å². The molecule has 28 heavy (non-hydrogen) atoms. The lowest BCUT2D eigenvalue weighted by Gasteiger charge is -2.13. The molecule has 0 radical (unpaired) electrons. The zero-order valence-corrected chi connectivity index (χ0v) is 16.8. The van der Waals surface area contributed by atoms with Crippen molar-refractivity contribution in [3.05, 3.63) is 74.0 Å². The lowest BCUT2D eigenvalue weighted by Crippen LogP contribution is -2.27. The number of carbonyl (C=O) groups is 2. The highest BCUT2D eigenvalue weighted by Gasteiger charge is 2.35. The Balaban J connectivity index is 1.66. The molecule has 1 saturated heterocycles. The Labute approximate surface area is 170 Å². The minimum atomic E-state index is -0.350. The third-order valence-corrected chi connectivity index (χ3v) is 6.03. The minimum absolute atomic E-state index is 0.118. The van der Waals surface area contributed by atoms with Gasteiger partial charge in [-0.1, -0.05) is 35.9 Å². The van der Waals surface area contributed by atoms with E-state index in [9.17, 15) is 14.4 Å². The summed E-state index contributed by atoms with van der Waals surface area (Å²) >= 11 is 7.05. The molecule has 6 nitrogen and oxygen atoms in total. The molecule has 2 heterocycles. The Morgan fingerprint density at radius 3 is 2.46 bits per heavy atom. The molecule has 3 aromatic rings. The minimum Gasteiger partial charge on any atom is -0.295 e. The van der Waals surface area contributed by atoms with E-state index in [2.05, 4.69) is 0 Å². The molecule has 0 unspecified atom stereocenters. The van der Waals surface area contributed by atoms with Crippen molar-refractivity contribution < 1.29 is 9.59 Å². The Hall–Kier alpha value is -2.77. The van der Waals surface area contributed by atoms with Crippen molar-refractivity contribution in [2.45, 2.75) is 6.54 Å². The van der Waals surface area contributed by atoms with Crippen LogP contribution >= 0.6 is 23.4 Å². The molecule has 0 spiro atoms. The summed E-state index contributed by atoms with van der Waals surface area (Å²) in [7, 11) is 3.41. The summed E-state index contributed by atoms with van der Waals surface area (Å²) in [6, 6.07) is 12.6. The van der Waals surface area contributed by atoms with Gasteiger partial charge in [0, 0.05) is 19.1 Å². The SMILES string of the molecule is Cn1c(=O)n(C)c2cc(/C=C3\SC(=O)N(Cc4ccccc4Cl)C3=O)ccc21. The van der Waals surface area contributed by atoms with E-state index < -0.39 is 0 Å². The van der Waals surface area contributed by atoms with E-state index in [4.69, 9.17) is 11.6 Å². The van der Waals surface area contributed by atoms with E-state index in [1.54, 1.807) is 47.5 Å². The topological polar surface area (TPSA) is 64.3 Å². The van der Waals surface area contributed by atoms with Crippen LogP contribution in [0.15, 0.2) is 52.2 Å². The second-order valence-electron chi connectivity index (χ2n) is 6.51. The Bertz CT molecular complexity index is 1230. The molecule has 8 heteroatoms. The van der Waals surface area contributed by atoms with Crippen molar-refractivity contribution in [2.24, 2.45) is 14.1 Å². The quantitative estimate of drug-likeness (QED) is 0.613. The van der Waals surface area contributed by atoms with Crippen LogP contribution in [0, 0.1) is 0 Å². The zero-order valence-electron chi connectivity index (χ0n) is 15.2. The molecule has 142 valence electrons. The number of amides is 2. The molecular weight excluding hydrogens is 398 g/mol. The van der Waals surface area contributed by atoms with Gasteiger partial charge in [-0.15, -0.1) is 0 Å². The van der Waals surface area contributed by atoms with Crippen molar-refractivity contribution in [1.82, 2.24) is 14.0 Å². The fourth-order valence-electron chi connectivity index (χ4n) is 3.20. The van der Waals surface area contributed by atoms with Gasteiger partial charge >= 0.3 is 5.69 Å². The molecule has 0 atom stereocenters. The first kappa shape index (κ1) is 18.6. The van der Waals surface area contributed by atoms with Gasteiger partial charge in [-0.25, -0.2) is 4.79 Å². The van der Waals surface area contributed by atoms with Crippen LogP contribution in [-0.4, -0.2) is 25.2 Å². The van der Waals surface area contributed by atoms with Gasteiger partial charge < -0.3 is 0 Å². The number of imide groups is 1. The number of fused-ring (bicyclic) bond motifs is 1. The number of imidazole rings is 1. The smallest absolute Gasteiger partial charge is 0.295 e. The summed E-state index contributed by atoms with van der Waals surface area (Å²) < 4.78 is 3.12. The third-order valence-electron chi connectivity index (χ3n) is 4.75. The monoisotopic (exact) mass is 413 g/mol. The molecule has 1 aliphatic heterocycles. The van der Waals surface area contributed by atoms with Gasteiger partial charge in [0.2, 0.25) is 0 Å². The molecule has 2 aromatic carbocycles. The molecule has 2 amide bonds. The molecule has 1 fully saturated rings. The average Bonchev–Trinajstić information content (AvgIpc) is 3.06. The van der Waals surface area contributed by atoms with Gasteiger partial charge in [-0.2, -0.15) is 0 Å². The van der Waals surface area contributed by atoms with Crippen LogP contribution in [0.2, 0.25) is 5.02 Å². The van der Waals surface area contributed by atoms with Crippen molar-refractivity contribution in [3.8, 4) is 0 Å². The predicted molar refractivity (Wildman–Crippen MR) is 111 cm³/mol. The number of benzene rings is 2. The number of thioether (sulfide) groups is 1. The number of rotatable bonds is 3. The van der Waals surface area contributed by atoms with Crippen molar-refractivity contribution >= 4 is 51.6 Å². The summed E-state index contributed by atoms with van der Waals surface area (Å²) in [5.41, 5.74) is 2.91. The zero-order chi connectivity index (χ0) is 20.0. The fourth-order valence-corrected chi connectivity index (χ4v) is 4.23. The molecule has 4 rings (SSSR count). The molecule has 0 bridgehead atoms. The van der Waals surface area contributed by atoms with E-state index in [-0.39, 0.29) is 23.4 Å². The Kier molecular flexibility index (Phi) is 4.64. The Morgan fingerprint density at radius 1 is 1.00 bits per heavy atom. The number of hydrogen-bond donors (Lipinski definition) is 0. The van der Waals surface area contributed by atoms with Gasteiger partial charge in [0.1, 0.15) is 0 Å². The molecule has 1 aliphatic rings. The molecule has 0 saturated carbocycles. The predicted octanol–water partition coefficient (Wildman–Crippen LogP) is 3.77. The van der Waals surface area contributed by atoms with Crippen LogP contribution < -0.4 is 5.69 Å². The molecule has 1 aromatic heterocycles. The lowest BCUT2D eigenvalue weighted by atomic mass is 10.1. The fraction of sp³-hybridized carbons (Fsp3) is 0.150. The number of hydrogen-bond acceptors (Lipinski definition) is 4. The number of nitrogens with zero attached hydrogens (tertiary/aromatic N) is 3. The highest BCUT2D eigenvalue weighted by Crippen LogP contribution is 2.34. The van der Waals surface area contributed by atoms with Gasteiger partial charge in [0.05, 0.1) is 22.5 Å². The lowest BCUT2D eigenvalue weighted by molar-refractivity contribution is -0.123. The third kappa shape index (κ3) is 3.06. The standard InChI is InChI=1S/C20H16ClN3O3S/c1-22-15-8-7-12(9-16(15)23(2)19(22)26)10-17-18(25)24(20(27)28-17)11-13-5-3-4-6-14(13)21/h3-10H,11H2,1-2H3/b17-10-. The second kappa shape index (κ2) is 7.00. The van der Waals surface area contributed by atoms with Gasteiger partial charge in [-0.05, 0) is 47.2 Å². The first-order valence-electron chi connectivity index (χ1n) is 8.51. The van der Waals surface area contributed by atoms with Crippen molar-refractivity contribution in [3.63, 3.8) is 0 Å². The van der Waals surface area contributed by atoms with Crippen molar-refractivity contribution in [1.29, 1.82) is 0 Å². The van der Waals surface area contributed by atoms with Crippen LogP contribution in [0.5, 0.6) is 0 Å². The summed E-state index contributed by atoms with van der Waals surface area (Å²) in [6.45, 7) is 0.133. The van der Waals surface area contributed by atoms with Crippen LogP contribution in [0.1, 0.15) is 11.1 Å². The van der Waals surface area contributed by atoms with Crippen LogP contribution in [0.4, 0.5) is 4.79 Å². The van der Waals surface area contributed by atoms with E-state index in [0.717, 1.165) is 28.4 Å². The maximum Gasteiger partial charge on any atom is 0.328 e. The van der Waals surface area contributed by atoms with E-state index in [1.807, 2.05) is 24.3 Å². The summed E-state index contributed by atoms with van der Waals surface area (Å²) in [5, 5.41) is 0.185. The largest absolute Gasteiger partial charge is 0.328 e. The maximum atomic E-state index is 12.7. The molecule has 0 aliphatic carbocycles. The van der Waals surface area contributed by atoms with Crippen molar-refractivity contribution in [2.75, 3.05) is 0 Å². The second-order valence-corrected chi connectivity index (χ2v) is 7.91. The van der Waals surface area contributed by atoms with Crippen LogP contribution in [-0.2, 0) is 25.4 Å². The molecule has 0 N–H and O–H groups in total. The number of halogens is 1. The normalized spacial score (nSPS) is 16.0. The van der Waals surface area contributed by atoms with Gasteiger partial charge in [0.25, 0.3) is 11.1 Å².